The second-order valence-corrected chi connectivity index (χ2v) is 2.23. The fraction of sp³-hybridized carbons (Fsp3) is 0.714. The highest BCUT2D eigenvalue weighted by Crippen LogP contribution is 1.98. The zero-order valence-corrected chi connectivity index (χ0v) is 6.66. The van der Waals surface area contributed by atoms with E-state index in [1.165, 1.54) is 6.92 Å². The summed E-state index contributed by atoms with van der Waals surface area (Å²) in [7, 11) is 0. The predicted octanol–water partition coefficient (Wildman–Crippen LogP) is 0.660. The Bertz CT molecular complexity index is 153. The van der Waals surface area contributed by atoms with Gasteiger partial charge in [-0.1, -0.05) is 6.92 Å². The van der Waals surface area contributed by atoms with Crippen LogP contribution in [0.4, 0.5) is 0 Å². The molecule has 0 rings (SSSR count). The van der Waals surface area contributed by atoms with E-state index in [1.807, 2.05) is 6.92 Å². The van der Waals surface area contributed by atoms with Crippen molar-refractivity contribution in [3.05, 3.63) is 0 Å². The van der Waals surface area contributed by atoms with Crippen molar-refractivity contribution in [1.29, 1.82) is 0 Å². The molecule has 0 fully saturated rings. The van der Waals surface area contributed by atoms with Gasteiger partial charge in [0.2, 0.25) is 0 Å². The maximum atomic E-state index is 10.7. The van der Waals surface area contributed by atoms with Crippen LogP contribution in [-0.4, -0.2) is 23.7 Å². The second kappa shape index (κ2) is 4.71. The molecule has 0 aliphatic carbocycles. The van der Waals surface area contributed by atoms with Gasteiger partial charge in [0, 0.05) is 0 Å². The molecule has 0 bridgehead atoms. The van der Waals surface area contributed by atoms with Gasteiger partial charge in [0.25, 0.3) is 0 Å². The summed E-state index contributed by atoms with van der Waals surface area (Å²) >= 11 is 0. The molecule has 1 atom stereocenters. The highest BCUT2D eigenvalue weighted by molar-refractivity contribution is 5.93. The molecule has 0 radical (unpaired) electrons. The molecule has 0 aromatic rings. The van der Waals surface area contributed by atoms with E-state index in [0.29, 0.717) is 6.42 Å². The first-order valence-corrected chi connectivity index (χ1v) is 3.49. The van der Waals surface area contributed by atoms with Crippen molar-refractivity contribution in [2.75, 3.05) is 6.61 Å². The second-order valence-electron chi connectivity index (χ2n) is 2.23. The average Bonchev–Trinajstić information content (AvgIpc) is 1.98. The number of carbonyl (C=O) groups is 2. The lowest BCUT2D eigenvalue weighted by molar-refractivity contribution is -0.157. The minimum atomic E-state index is -1.15. The van der Waals surface area contributed by atoms with E-state index in [2.05, 4.69) is 4.74 Å². The van der Waals surface area contributed by atoms with Crippen LogP contribution in [0.5, 0.6) is 0 Å². The lowest BCUT2D eigenvalue weighted by atomic mass is 10.2. The molecule has 0 saturated carbocycles. The van der Waals surface area contributed by atoms with E-state index in [-0.39, 0.29) is 6.61 Å². The van der Waals surface area contributed by atoms with Crippen LogP contribution in [0, 0.1) is 5.92 Å². The fourth-order valence-corrected chi connectivity index (χ4v) is 0.428. The molecule has 4 heteroatoms. The van der Waals surface area contributed by atoms with Crippen LogP contribution in [0.25, 0.3) is 0 Å². The standard InChI is InChI=1S/C7H12O4/c1-3-4-11-7(10)5(2)6(8)9/h5H,3-4H2,1-2H3,(H,8,9). The van der Waals surface area contributed by atoms with E-state index in [1.54, 1.807) is 0 Å². The molecule has 64 valence electrons. The van der Waals surface area contributed by atoms with Gasteiger partial charge in [-0.15, -0.1) is 0 Å². The van der Waals surface area contributed by atoms with Crippen LogP contribution in [0.2, 0.25) is 0 Å². The third-order valence-electron chi connectivity index (χ3n) is 1.17. The largest absolute Gasteiger partial charge is 0.481 e. The highest BCUT2D eigenvalue weighted by Gasteiger charge is 2.21. The topological polar surface area (TPSA) is 63.6 Å². The third kappa shape index (κ3) is 3.60. The smallest absolute Gasteiger partial charge is 0.320 e. The van der Waals surface area contributed by atoms with Gasteiger partial charge in [0.15, 0.2) is 5.92 Å². The Morgan fingerprint density at radius 3 is 2.45 bits per heavy atom. The molecule has 1 unspecified atom stereocenters. The molecular weight excluding hydrogens is 148 g/mol. The summed E-state index contributed by atoms with van der Waals surface area (Å²) < 4.78 is 4.59. The van der Waals surface area contributed by atoms with Gasteiger partial charge < -0.3 is 9.84 Å². The Morgan fingerprint density at radius 1 is 1.55 bits per heavy atom. The Morgan fingerprint density at radius 2 is 2.09 bits per heavy atom. The van der Waals surface area contributed by atoms with Crippen molar-refractivity contribution in [2.45, 2.75) is 20.3 Å². The summed E-state index contributed by atoms with van der Waals surface area (Å²) in [5.74, 6) is -2.87. The van der Waals surface area contributed by atoms with Gasteiger partial charge >= 0.3 is 11.9 Å². The number of esters is 1. The maximum absolute atomic E-state index is 10.7. The molecule has 4 nitrogen and oxygen atoms in total. The van der Waals surface area contributed by atoms with Crippen LogP contribution in [-0.2, 0) is 14.3 Å². The lowest BCUT2D eigenvalue weighted by Gasteiger charge is -2.05. The van der Waals surface area contributed by atoms with Crippen molar-refractivity contribution in [3.63, 3.8) is 0 Å². The minimum Gasteiger partial charge on any atom is -0.481 e. The maximum Gasteiger partial charge on any atom is 0.320 e. The first kappa shape index (κ1) is 9.94. The Labute approximate surface area is 65.2 Å². The number of ether oxygens (including phenoxy) is 1. The van der Waals surface area contributed by atoms with Crippen molar-refractivity contribution >= 4 is 11.9 Å². The van der Waals surface area contributed by atoms with Crippen molar-refractivity contribution in [3.8, 4) is 0 Å². The van der Waals surface area contributed by atoms with Crippen LogP contribution >= 0.6 is 0 Å². The summed E-state index contributed by atoms with van der Waals surface area (Å²) in [5.41, 5.74) is 0. The summed E-state index contributed by atoms with van der Waals surface area (Å²) in [6.07, 6.45) is 0.706. The predicted molar refractivity (Wildman–Crippen MR) is 38.0 cm³/mol. The Kier molecular flexibility index (Phi) is 4.26. The van der Waals surface area contributed by atoms with E-state index >= 15 is 0 Å². The molecule has 0 heterocycles. The Balaban J connectivity index is 3.74. The zero-order chi connectivity index (χ0) is 8.85. The third-order valence-corrected chi connectivity index (χ3v) is 1.17. The van der Waals surface area contributed by atoms with Gasteiger partial charge in [-0.05, 0) is 13.3 Å². The summed E-state index contributed by atoms with van der Waals surface area (Å²) in [4.78, 5) is 20.9. The van der Waals surface area contributed by atoms with Gasteiger partial charge in [-0.25, -0.2) is 0 Å². The normalized spacial score (nSPS) is 12.2. The number of carboxylic acids is 1. The first-order valence-electron chi connectivity index (χ1n) is 3.49. The molecule has 0 saturated heterocycles. The molecule has 0 amide bonds. The van der Waals surface area contributed by atoms with E-state index in [4.69, 9.17) is 5.11 Å². The van der Waals surface area contributed by atoms with Crippen molar-refractivity contribution < 1.29 is 19.4 Å². The molecule has 11 heavy (non-hydrogen) atoms. The number of carboxylic acid groups (broad SMARTS) is 1. The first-order chi connectivity index (χ1) is 5.09. The van der Waals surface area contributed by atoms with E-state index < -0.39 is 17.9 Å². The SMILES string of the molecule is CCCOC(=O)C(C)C(=O)O. The van der Waals surface area contributed by atoms with Gasteiger partial charge in [-0.2, -0.15) is 0 Å². The molecule has 0 spiro atoms. The molecule has 0 aliphatic heterocycles. The summed E-state index contributed by atoms with van der Waals surface area (Å²) in [6, 6.07) is 0. The molecular formula is C7H12O4. The van der Waals surface area contributed by atoms with Crippen LogP contribution in [0.3, 0.4) is 0 Å². The van der Waals surface area contributed by atoms with Gasteiger partial charge in [-0.3, -0.25) is 9.59 Å². The number of aliphatic carboxylic acids is 1. The lowest BCUT2D eigenvalue weighted by Crippen LogP contribution is -2.22. The van der Waals surface area contributed by atoms with Crippen molar-refractivity contribution in [2.24, 2.45) is 5.92 Å². The quantitative estimate of drug-likeness (QED) is 0.484. The average molecular weight is 160 g/mol. The number of hydrogen-bond donors (Lipinski definition) is 1. The Hall–Kier alpha value is -1.06. The van der Waals surface area contributed by atoms with Crippen LogP contribution in [0.1, 0.15) is 20.3 Å². The van der Waals surface area contributed by atoms with E-state index in [9.17, 15) is 9.59 Å². The van der Waals surface area contributed by atoms with Crippen LogP contribution in [0.15, 0.2) is 0 Å². The number of carbonyl (C=O) groups excluding carboxylic acids is 1. The monoisotopic (exact) mass is 160 g/mol. The highest BCUT2D eigenvalue weighted by atomic mass is 16.5. The summed E-state index contributed by atoms with van der Waals surface area (Å²) in [6.45, 7) is 3.44. The number of hydrogen-bond acceptors (Lipinski definition) is 3. The summed E-state index contributed by atoms with van der Waals surface area (Å²) in [5, 5.41) is 8.35. The molecule has 0 aliphatic rings. The molecule has 1 N–H and O–H groups in total. The van der Waals surface area contributed by atoms with Crippen molar-refractivity contribution in [1.82, 2.24) is 0 Å². The molecule has 0 aromatic carbocycles. The van der Waals surface area contributed by atoms with Gasteiger partial charge in [0.05, 0.1) is 6.61 Å². The van der Waals surface area contributed by atoms with Crippen LogP contribution < -0.4 is 0 Å². The van der Waals surface area contributed by atoms with E-state index in [0.717, 1.165) is 0 Å². The van der Waals surface area contributed by atoms with Gasteiger partial charge in [0.1, 0.15) is 0 Å². The fourth-order valence-electron chi connectivity index (χ4n) is 0.428. The number of rotatable bonds is 4. The zero-order valence-electron chi connectivity index (χ0n) is 6.66. The minimum absolute atomic E-state index is 0.288. The molecule has 0 aromatic heterocycles.